The van der Waals surface area contributed by atoms with Crippen molar-refractivity contribution >= 4 is 22.6 Å². The third-order valence-electron chi connectivity index (χ3n) is 5.36. The van der Waals surface area contributed by atoms with Crippen molar-refractivity contribution in [3.8, 4) is 0 Å². The normalized spacial score (nSPS) is 15.5. The molecule has 0 aliphatic carbocycles. The van der Waals surface area contributed by atoms with E-state index in [4.69, 9.17) is 4.74 Å². The lowest BCUT2D eigenvalue weighted by Gasteiger charge is -2.34. The molecule has 0 unspecified atom stereocenters. The highest BCUT2D eigenvalue weighted by Crippen LogP contribution is 2.30. The fraction of sp³-hybridized carbons (Fsp3) is 0.318. The summed E-state index contributed by atoms with van der Waals surface area (Å²) in [4.78, 5) is 20.2. The summed E-state index contributed by atoms with van der Waals surface area (Å²) in [6.45, 7) is 3.67. The second kappa shape index (κ2) is 8.02. The zero-order valence-corrected chi connectivity index (χ0v) is 16.5. The number of H-pyrrole nitrogens is 1. The van der Waals surface area contributed by atoms with Gasteiger partial charge in [-0.05, 0) is 42.9 Å². The van der Waals surface area contributed by atoms with Crippen molar-refractivity contribution in [2.24, 2.45) is 0 Å². The molecule has 8 heteroatoms. The van der Waals surface area contributed by atoms with Crippen LogP contribution in [0.2, 0.25) is 0 Å². The van der Waals surface area contributed by atoms with Gasteiger partial charge in [0, 0.05) is 42.8 Å². The van der Waals surface area contributed by atoms with Gasteiger partial charge in [0.2, 0.25) is 0 Å². The molecule has 1 aliphatic rings. The van der Waals surface area contributed by atoms with Crippen LogP contribution in [-0.4, -0.2) is 49.1 Å². The first-order valence-corrected chi connectivity index (χ1v) is 9.70. The number of nitrogens with one attached hydrogen (secondary N) is 1. The number of aromatic amines is 1. The third-order valence-corrected chi connectivity index (χ3v) is 5.36. The van der Waals surface area contributed by atoms with Gasteiger partial charge >= 0.3 is 12.1 Å². The zero-order chi connectivity index (χ0) is 21.3. The third kappa shape index (κ3) is 4.28. The lowest BCUT2D eigenvalue weighted by Crippen LogP contribution is -2.44. The number of piperazine rings is 1. The van der Waals surface area contributed by atoms with Gasteiger partial charge in [0.15, 0.2) is 0 Å². The molecule has 1 N–H and O–H groups in total. The Bertz CT molecular complexity index is 1040. The second-order valence-electron chi connectivity index (χ2n) is 7.48. The van der Waals surface area contributed by atoms with Crippen molar-refractivity contribution in [2.75, 3.05) is 38.1 Å². The molecule has 0 bridgehead atoms. The second-order valence-corrected chi connectivity index (χ2v) is 7.48. The van der Waals surface area contributed by atoms with Crippen molar-refractivity contribution < 1.29 is 22.7 Å². The number of rotatable bonds is 4. The van der Waals surface area contributed by atoms with E-state index in [0.717, 1.165) is 54.9 Å². The van der Waals surface area contributed by atoms with Crippen LogP contribution in [-0.2, 0) is 17.5 Å². The van der Waals surface area contributed by atoms with Crippen LogP contribution >= 0.6 is 0 Å². The predicted octanol–water partition coefficient (Wildman–Crippen LogP) is 4.30. The highest BCUT2D eigenvalue weighted by molar-refractivity contribution is 6.00. The number of anilines is 1. The number of ether oxygens (including phenoxy) is 1. The summed E-state index contributed by atoms with van der Waals surface area (Å²) in [5, 5.41) is 0.948. The predicted molar refractivity (Wildman–Crippen MR) is 109 cm³/mol. The molecule has 1 saturated heterocycles. The Morgan fingerprint density at radius 2 is 1.77 bits per heavy atom. The largest absolute Gasteiger partial charge is 0.456 e. The van der Waals surface area contributed by atoms with E-state index in [0.29, 0.717) is 11.3 Å². The van der Waals surface area contributed by atoms with Crippen LogP contribution in [0, 0.1) is 0 Å². The number of likely N-dealkylation sites (N-methyl/N-ethyl adjacent to an activating group) is 1. The molecule has 0 spiro atoms. The van der Waals surface area contributed by atoms with E-state index in [1.54, 1.807) is 6.07 Å². The number of nitrogens with zero attached hydrogens (tertiary/aromatic N) is 2. The van der Waals surface area contributed by atoms with Gasteiger partial charge in [-0.1, -0.05) is 18.2 Å². The number of benzene rings is 2. The first-order valence-electron chi connectivity index (χ1n) is 9.70. The maximum absolute atomic E-state index is 12.6. The van der Waals surface area contributed by atoms with E-state index < -0.39 is 17.7 Å². The standard InChI is InChI=1S/C22H22F3N3O2/c1-27-9-11-28(12-10-27)20-4-2-3-18-17(20)13-19(26-18)21(29)30-14-15-5-7-16(8-6-15)22(23,24)25/h2-8,13,26H,9-12,14H2,1H3. The van der Waals surface area contributed by atoms with Crippen LogP contribution in [0.4, 0.5) is 18.9 Å². The van der Waals surface area contributed by atoms with Gasteiger partial charge in [-0.2, -0.15) is 13.2 Å². The van der Waals surface area contributed by atoms with E-state index in [9.17, 15) is 18.0 Å². The summed E-state index contributed by atoms with van der Waals surface area (Å²) in [6, 6.07) is 12.3. The lowest BCUT2D eigenvalue weighted by molar-refractivity contribution is -0.137. The van der Waals surface area contributed by atoms with Gasteiger partial charge < -0.3 is 19.5 Å². The van der Waals surface area contributed by atoms with Gasteiger partial charge in [0.1, 0.15) is 12.3 Å². The lowest BCUT2D eigenvalue weighted by atomic mass is 10.1. The number of alkyl halides is 3. The van der Waals surface area contributed by atoms with Gasteiger partial charge in [-0.3, -0.25) is 0 Å². The van der Waals surface area contributed by atoms with E-state index in [1.165, 1.54) is 12.1 Å². The summed E-state index contributed by atoms with van der Waals surface area (Å²) >= 11 is 0. The Morgan fingerprint density at radius 1 is 1.07 bits per heavy atom. The van der Waals surface area contributed by atoms with E-state index in [-0.39, 0.29) is 6.61 Å². The molecule has 0 amide bonds. The fourth-order valence-corrected chi connectivity index (χ4v) is 3.59. The molecule has 4 rings (SSSR count). The molecule has 1 aromatic heterocycles. The average Bonchev–Trinajstić information content (AvgIpc) is 3.17. The van der Waals surface area contributed by atoms with E-state index in [1.807, 2.05) is 18.2 Å². The molecule has 2 heterocycles. The zero-order valence-electron chi connectivity index (χ0n) is 16.5. The number of carbonyl (C=O) groups is 1. The Labute approximate surface area is 172 Å². The highest BCUT2D eigenvalue weighted by Gasteiger charge is 2.30. The molecular weight excluding hydrogens is 395 g/mol. The molecule has 1 aliphatic heterocycles. The minimum Gasteiger partial charge on any atom is -0.456 e. The highest BCUT2D eigenvalue weighted by atomic mass is 19.4. The SMILES string of the molecule is CN1CCN(c2cccc3[nH]c(C(=O)OCc4ccc(C(F)(F)F)cc4)cc23)CC1. The summed E-state index contributed by atoms with van der Waals surface area (Å²) in [6.07, 6.45) is -4.39. The summed E-state index contributed by atoms with van der Waals surface area (Å²) in [5.41, 5.74) is 1.99. The smallest absolute Gasteiger partial charge is 0.416 e. The van der Waals surface area contributed by atoms with Gasteiger partial charge in [-0.25, -0.2) is 4.79 Å². The molecule has 2 aromatic carbocycles. The summed E-state index contributed by atoms with van der Waals surface area (Å²) in [7, 11) is 2.10. The number of hydrogen-bond donors (Lipinski definition) is 1. The molecule has 3 aromatic rings. The van der Waals surface area contributed by atoms with Gasteiger partial charge in [-0.15, -0.1) is 0 Å². The Kier molecular flexibility index (Phi) is 5.42. The monoisotopic (exact) mass is 417 g/mol. The summed E-state index contributed by atoms with van der Waals surface area (Å²) < 4.78 is 43.2. The molecule has 5 nitrogen and oxygen atoms in total. The Balaban J connectivity index is 1.47. The van der Waals surface area contributed by atoms with Crippen LogP contribution in [0.5, 0.6) is 0 Å². The van der Waals surface area contributed by atoms with Crippen molar-refractivity contribution in [3.63, 3.8) is 0 Å². The van der Waals surface area contributed by atoms with Gasteiger partial charge in [0.05, 0.1) is 5.56 Å². The van der Waals surface area contributed by atoms with Crippen LogP contribution < -0.4 is 4.90 Å². The number of fused-ring (bicyclic) bond motifs is 1. The van der Waals surface area contributed by atoms with Crippen LogP contribution in [0.25, 0.3) is 10.9 Å². The fourth-order valence-electron chi connectivity index (χ4n) is 3.59. The van der Waals surface area contributed by atoms with Crippen LogP contribution in [0.1, 0.15) is 21.6 Å². The molecule has 0 atom stereocenters. The maximum atomic E-state index is 12.6. The van der Waals surface area contributed by atoms with Crippen molar-refractivity contribution in [1.82, 2.24) is 9.88 Å². The summed E-state index contributed by atoms with van der Waals surface area (Å²) in [5.74, 6) is -0.546. The number of aromatic nitrogens is 1. The minimum atomic E-state index is -4.39. The molecular formula is C22H22F3N3O2. The minimum absolute atomic E-state index is 0.0996. The first-order chi connectivity index (χ1) is 14.3. The molecule has 0 saturated carbocycles. The molecule has 1 fully saturated rings. The number of carbonyl (C=O) groups excluding carboxylic acids is 1. The Morgan fingerprint density at radius 3 is 2.43 bits per heavy atom. The first kappa shape index (κ1) is 20.3. The number of halogens is 3. The van der Waals surface area contributed by atoms with E-state index >= 15 is 0 Å². The molecule has 158 valence electrons. The van der Waals surface area contributed by atoms with Crippen molar-refractivity contribution in [3.05, 3.63) is 65.4 Å². The van der Waals surface area contributed by atoms with E-state index in [2.05, 4.69) is 21.8 Å². The number of esters is 1. The molecule has 0 radical (unpaired) electrons. The average molecular weight is 417 g/mol. The van der Waals surface area contributed by atoms with Gasteiger partial charge in [0.25, 0.3) is 0 Å². The van der Waals surface area contributed by atoms with Crippen molar-refractivity contribution in [2.45, 2.75) is 12.8 Å². The Hall–Kier alpha value is -3.00. The van der Waals surface area contributed by atoms with Crippen LogP contribution in [0.3, 0.4) is 0 Å². The molecule has 30 heavy (non-hydrogen) atoms. The van der Waals surface area contributed by atoms with Crippen LogP contribution in [0.15, 0.2) is 48.5 Å². The topological polar surface area (TPSA) is 48.6 Å². The maximum Gasteiger partial charge on any atom is 0.416 e. The quantitative estimate of drug-likeness (QED) is 0.644. The van der Waals surface area contributed by atoms with Crippen molar-refractivity contribution in [1.29, 1.82) is 0 Å². The number of hydrogen-bond acceptors (Lipinski definition) is 4.